The summed E-state index contributed by atoms with van der Waals surface area (Å²) in [6.07, 6.45) is 3.06. The Kier molecular flexibility index (Phi) is 6.60. The summed E-state index contributed by atoms with van der Waals surface area (Å²) in [5.41, 5.74) is 4.77. The third-order valence-corrected chi connectivity index (χ3v) is 7.64. The number of amides is 2. The molecular formula is C24H32N4O2S. The fourth-order valence-corrected chi connectivity index (χ4v) is 5.65. The number of carbonyl (C=O) groups excluding carboxylic acids is 2. The van der Waals surface area contributed by atoms with Crippen LogP contribution in [0.4, 0.5) is 5.13 Å². The summed E-state index contributed by atoms with van der Waals surface area (Å²) in [7, 11) is 0. The zero-order valence-corrected chi connectivity index (χ0v) is 19.6. The molecule has 1 fully saturated rings. The molecular weight excluding hydrogens is 408 g/mol. The predicted molar refractivity (Wildman–Crippen MR) is 124 cm³/mol. The van der Waals surface area contributed by atoms with E-state index in [0.717, 1.165) is 56.3 Å². The van der Waals surface area contributed by atoms with Crippen LogP contribution >= 0.6 is 11.3 Å². The van der Waals surface area contributed by atoms with E-state index in [-0.39, 0.29) is 17.7 Å². The number of fused-ring (bicyclic) bond motifs is 1. The van der Waals surface area contributed by atoms with E-state index in [2.05, 4.69) is 42.3 Å². The van der Waals surface area contributed by atoms with Crippen LogP contribution in [0.2, 0.25) is 0 Å². The highest BCUT2D eigenvalue weighted by molar-refractivity contribution is 7.15. The zero-order valence-electron chi connectivity index (χ0n) is 18.7. The van der Waals surface area contributed by atoms with E-state index in [9.17, 15) is 9.59 Å². The highest BCUT2D eigenvalue weighted by atomic mass is 32.1. The fraction of sp³-hybridized carbons (Fsp3) is 0.542. The average Bonchev–Trinajstić information content (AvgIpc) is 3.22. The lowest BCUT2D eigenvalue weighted by molar-refractivity contribution is -0.131. The lowest BCUT2D eigenvalue weighted by Crippen LogP contribution is -2.48. The van der Waals surface area contributed by atoms with E-state index >= 15 is 0 Å². The van der Waals surface area contributed by atoms with Crippen molar-refractivity contribution >= 4 is 28.3 Å². The normalized spacial score (nSPS) is 18.6. The van der Waals surface area contributed by atoms with Crippen LogP contribution in [0, 0.1) is 19.8 Å². The van der Waals surface area contributed by atoms with Gasteiger partial charge in [0.2, 0.25) is 11.8 Å². The Bertz CT molecular complexity index is 962. The van der Waals surface area contributed by atoms with Gasteiger partial charge in [0.25, 0.3) is 0 Å². The van der Waals surface area contributed by atoms with Crippen LogP contribution in [0.1, 0.15) is 47.0 Å². The second-order valence-electron chi connectivity index (χ2n) is 8.68. The molecule has 4 rings (SSSR count). The number of hydrogen-bond acceptors (Lipinski definition) is 5. The molecule has 1 aromatic carbocycles. The van der Waals surface area contributed by atoms with Crippen molar-refractivity contribution in [3.8, 4) is 0 Å². The lowest BCUT2D eigenvalue weighted by Gasteiger charge is -2.34. The molecule has 6 nitrogen and oxygen atoms in total. The van der Waals surface area contributed by atoms with Gasteiger partial charge in [0.05, 0.1) is 5.69 Å². The van der Waals surface area contributed by atoms with Crippen LogP contribution in [0.15, 0.2) is 18.2 Å². The topological polar surface area (TPSA) is 65.5 Å². The number of nitrogens with one attached hydrogen (secondary N) is 1. The van der Waals surface area contributed by atoms with E-state index in [4.69, 9.17) is 4.98 Å². The van der Waals surface area contributed by atoms with Crippen LogP contribution in [-0.2, 0) is 29.0 Å². The number of piperazine rings is 1. The first kappa shape index (κ1) is 21.8. The Morgan fingerprint density at radius 2 is 1.97 bits per heavy atom. The Balaban J connectivity index is 1.34. The summed E-state index contributed by atoms with van der Waals surface area (Å²) in [6.45, 7) is 9.86. The number of carbonyl (C=O) groups is 2. The molecule has 1 aromatic heterocycles. The van der Waals surface area contributed by atoms with Gasteiger partial charge in [-0.05, 0) is 44.2 Å². The molecule has 2 heterocycles. The lowest BCUT2D eigenvalue weighted by atomic mass is 9.90. The number of aryl methyl sites for hydroxylation is 3. The quantitative estimate of drug-likeness (QED) is 0.775. The van der Waals surface area contributed by atoms with Gasteiger partial charge in [-0.25, -0.2) is 4.98 Å². The monoisotopic (exact) mass is 440 g/mol. The van der Waals surface area contributed by atoms with E-state index < -0.39 is 0 Å². The van der Waals surface area contributed by atoms with Crippen molar-refractivity contribution in [1.29, 1.82) is 0 Å². The third-order valence-electron chi connectivity index (χ3n) is 6.46. The maximum Gasteiger partial charge on any atom is 0.223 e. The van der Waals surface area contributed by atoms with Crippen molar-refractivity contribution in [3.63, 3.8) is 0 Å². The van der Waals surface area contributed by atoms with Crippen molar-refractivity contribution in [1.82, 2.24) is 15.2 Å². The first-order valence-electron chi connectivity index (χ1n) is 11.3. The molecule has 0 spiro atoms. The number of aromatic nitrogens is 1. The van der Waals surface area contributed by atoms with Crippen molar-refractivity contribution < 1.29 is 9.59 Å². The SMILES string of the molecule is CCC(=O)N1CCN(c2nc3c(s2)CC(C(=O)NCc2cc(C)ccc2C)CC3)CC1. The molecule has 1 atom stereocenters. The summed E-state index contributed by atoms with van der Waals surface area (Å²) < 4.78 is 0. The number of thiazole rings is 1. The minimum atomic E-state index is 0.0185. The van der Waals surface area contributed by atoms with Gasteiger partial charge in [-0.3, -0.25) is 9.59 Å². The fourth-order valence-electron chi connectivity index (χ4n) is 4.41. The summed E-state index contributed by atoms with van der Waals surface area (Å²) in [5.74, 6) is 0.394. The number of nitrogens with zero attached hydrogens (tertiary/aromatic N) is 3. The van der Waals surface area contributed by atoms with Gasteiger partial charge in [0.1, 0.15) is 0 Å². The second kappa shape index (κ2) is 9.39. The molecule has 0 saturated carbocycles. The number of rotatable bonds is 5. The molecule has 0 bridgehead atoms. The minimum absolute atomic E-state index is 0.0185. The summed E-state index contributed by atoms with van der Waals surface area (Å²) in [4.78, 5) is 35.1. The molecule has 1 saturated heterocycles. The van der Waals surface area contributed by atoms with Crippen LogP contribution in [0.5, 0.6) is 0 Å². The van der Waals surface area contributed by atoms with Gasteiger partial charge in [-0.2, -0.15) is 0 Å². The molecule has 2 aliphatic rings. The molecule has 2 amide bonds. The number of benzene rings is 1. The van der Waals surface area contributed by atoms with Crippen molar-refractivity contribution in [2.45, 2.75) is 53.0 Å². The molecule has 1 N–H and O–H groups in total. The van der Waals surface area contributed by atoms with E-state index in [1.807, 2.05) is 11.8 Å². The smallest absolute Gasteiger partial charge is 0.223 e. The van der Waals surface area contributed by atoms with E-state index in [1.54, 1.807) is 11.3 Å². The Morgan fingerprint density at radius 1 is 1.19 bits per heavy atom. The Morgan fingerprint density at radius 3 is 2.71 bits per heavy atom. The summed E-state index contributed by atoms with van der Waals surface area (Å²) >= 11 is 1.73. The van der Waals surface area contributed by atoms with Crippen molar-refractivity contribution in [2.24, 2.45) is 5.92 Å². The summed E-state index contributed by atoms with van der Waals surface area (Å²) in [5, 5.41) is 4.20. The van der Waals surface area contributed by atoms with Crippen molar-refractivity contribution in [2.75, 3.05) is 31.1 Å². The molecule has 31 heavy (non-hydrogen) atoms. The van der Waals surface area contributed by atoms with Gasteiger partial charge < -0.3 is 15.1 Å². The molecule has 1 aliphatic carbocycles. The van der Waals surface area contributed by atoms with Gasteiger partial charge in [0, 0.05) is 49.9 Å². The summed E-state index contributed by atoms with van der Waals surface area (Å²) in [6, 6.07) is 6.37. The minimum Gasteiger partial charge on any atom is -0.352 e. The van der Waals surface area contributed by atoms with Gasteiger partial charge in [0.15, 0.2) is 5.13 Å². The molecule has 2 aromatic rings. The Labute approximate surface area is 188 Å². The molecule has 166 valence electrons. The van der Waals surface area contributed by atoms with Gasteiger partial charge in [-0.1, -0.05) is 30.7 Å². The number of hydrogen-bond donors (Lipinski definition) is 1. The van der Waals surface area contributed by atoms with Crippen LogP contribution in [0.3, 0.4) is 0 Å². The molecule has 1 unspecified atom stereocenters. The highest BCUT2D eigenvalue weighted by Crippen LogP contribution is 2.34. The first-order chi connectivity index (χ1) is 14.9. The molecule has 7 heteroatoms. The molecule has 0 radical (unpaired) electrons. The molecule has 1 aliphatic heterocycles. The predicted octanol–water partition coefficient (Wildman–Crippen LogP) is 3.24. The number of anilines is 1. The zero-order chi connectivity index (χ0) is 22.0. The van der Waals surface area contributed by atoms with Crippen LogP contribution < -0.4 is 10.2 Å². The van der Waals surface area contributed by atoms with E-state index in [0.29, 0.717) is 13.0 Å². The maximum absolute atomic E-state index is 12.8. The first-order valence-corrected chi connectivity index (χ1v) is 12.1. The van der Waals surface area contributed by atoms with Gasteiger partial charge >= 0.3 is 0 Å². The van der Waals surface area contributed by atoms with Crippen LogP contribution in [-0.4, -0.2) is 47.9 Å². The third kappa shape index (κ3) is 4.92. The largest absolute Gasteiger partial charge is 0.352 e. The Hall–Kier alpha value is -2.41. The van der Waals surface area contributed by atoms with E-state index in [1.165, 1.54) is 21.6 Å². The van der Waals surface area contributed by atoms with Crippen molar-refractivity contribution in [3.05, 3.63) is 45.5 Å². The standard InChI is InChI=1S/C24H32N4O2S/c1-4-22(29)27-9-11-28(12-10-27)24-26-20-8-7-18(14-21(20)31-24)23(30)25-15-19-13-16(2)5-6-17(19)3/h5-6,13,18H,4,7-12,14-15H2,1-3H3,(H,25,30). The van der Waals surface area contributed by atoms with Gasteiger partial charge in [-0.15, -0.1) is 11.3 Å². The second-order valence-corrected chi connectivity index (χ2v) is 9.74. The average molecular weight is 441 g/mol. The van der Waals surface area contributed by atoms with Crippen LogP contribution in [0.25, 0.3) is 0 Å². The highest BCUT2D eigenvalue weighted by Gasteiger charge is 2.29. The maximum atomic E-state index is 12.8.